The molecular weight excluding hydrogens is 308 g/mol. The molecule has 1 atom stereocenters. The fraction of sp³-hybridized carbons (Fsp3) is 0.647. The van der Waals surface area contributed by atoms with E-state index in [9.17, 15) is 9.59 Å². The summed E-state index contributed by atoms with van der Waals surface area (Å²) in [6.45, 7) is 10.3. The van der Waals surface area contributed by atoms with Crippen LogP contribution in [-0.2, 0) is 11.2 Å². The molecule has 0 fully saturated rings. The van der Waals surface area contributed by atoms with Crippen molar-refractivity contribution in [1.82, 2.24) is 20.6 Å². The Morgan fingerprint density at radius 2 is 2.00 bits per heavy atom. The van der Waals surface area contributed by atoms with Gasteiger partial charge in [-0.3, -0.25) is 4.79 Å². The molecule has 0 aliphatic heterocycles. The van der Waals surface area contributed by atoms with Crippen molar-refractivity contribution in [2.24, 2.45) is 5.92 Å². The molecule has 0 spiro atoms. The van der Waals surface area contributed by atoms with Crippen LogP contribution in [0.15, 0.2) is 6.20 Å². The molecule has 1 aromatic heterocycles. The van der Waals surface area contributed by atoms with Gasteiger partial charge in [-0.25, -0.2) is 14.8 Å². The van der Waals surface area contributed by atoms with Gasteiger partial charge in [-0.15, -0.1) is 0 Å². The van der Waals surface area contributed by atoms with Crippen LogP contribution in [0.25, 0.3) is 0 Å². The topological polar surface area (TPSA) is 93.2 Å². The first-order valence-corrected chi connectivity index (χ1v) is 8.41. The van der Waals surface area contributed by atoms with Gasteiger partial charge in [0, 0.05) is 18.8 Å². The smallest absolute Gasteiger partial charge is 0.407 e. The van der Waals surface area contributed by atoms with Gasteiger partial charge >= 0.3 is 6.09 Å². The highest BCUT2D eigenvalue weighted by molar-refractivity contribution is 5.95. The molecule has 0 aromatic carbocycles. The second-order valence-corrected chi connectivity index (χ2v) is 6.03. The molecule has 7 heteroatoms. The Morgan fingerprint density at radius 3 is 2.58 bits per heavy atom. The van der Waals surface area contributed by atoms with E-state index in [0.717, 1.165) is 12.1 Å². The number of rotatable bonds is 8. The first-order chi connectivity index (χ1) is 11.4. The molecule has 2 N–H and O–H groups in total. The van der Waals surface area contributed by atoms with Gasteiger partial charge in [0.1, 0.15) is 5.82 Å². The maximum atomic E-state index is 12.4. The summed E-state index contributed by atoms with van der Waals surface area (Å²) in [5, 5.41) is 5.64. The summed E-state index contributed by atoms with van der Waals surface area (Å²) >= 11 is 0. The van der Waals surface area contributed by atoms with E-state index in [1.165, 1.54) is 0 Å². The van der Waals surface area contributed by atoms with Crippen molar-refractivity contribution < 1.29 is 14.3 Å². The van der Waals surface area contributed by atoms with Crippen molar-refractivity contribution in [1.29, 1.82) is 0 Å². The van der Waals surface area contributed by atoms with Gasteiger partial charge in [0.05, 0.1) is 17.9 Å². The van der Waals surface area contributed by atoms with Crippen LogP contribution in [0.3, 0.4) is 0 Å². The summed E-state index contributed by atoms with van der Waals surface area (Å²) in [4.78, 5) is 32.4. The second kappa shape index (κ2) is 9.85. The molecule has 0 radical (unpaired) electrons. The molecule has 0 saturated carbocycles. The Labute approximate surface area is 143 Å². The molecule has 1 heterocycles. The van der Waals surface area contributed by atoms with E-state index in [2.05, 4.69) is 34.4 Å². The lowest BCUT2D eigenvalue weighted by atomic mass is 10.0. The molecule has 1 unspecified atom stereocenters. The molecular formula is C17H28N4O3. The molecule has 0 aliphatic rings. The number of alkyl carbamates (subject to hydrolysis) is 1. The first kappa shape index (κ1) is 19.9. The minimum absolute atomic E-state index is 0.190. The Kier molecular flexibility index (Phi) is 8.15. The van der Waals surface area contributed by atoms with E-state index in [0.29, 0.717) is 36.9 Å². The van der Waals surface area contributed by atoms with Gasteiger partial charge in [-0.1, -0.05) is 20.8 Å². The normalized spacial score (nSPS) is 11.9. The van der Waals surface area contributed by atoms with Crippen LogP contribution in [0.1, 0.15) is 56.0 Å². The number of hydrogen-bond acceptors (Lipinski definition) is 5. The Bertz CT molecular complexity index is 561. The SMILES string of the molecule is CCOC(=O)NC(CNC(=O)c1cnc(C)nc1CC)CC(C)C. The summed E-state index contributed by atoms with van der Waals surface area (Å²) in [5.41, 5.74) is 1.20. The van der Waals surface area contributed by atoms with E-state index in [1.54, 1.807) is 20.0 Å². The molecule has 134 valence electrons. The number of carbonyl (C=O) groups excluding carboxylic acids is 2. The van der Waals surface area contributed by atoms with Gasteiger partial charge in [0.25, 0.3) is 5.91 Å². The Morgan fingerprint density at radius 1 is 1.29 bits per heavy atom. The van der Waals surface area contributed by atoms with Crippen molar-refractivity contribution in [3.63, 3.8) is 0 Å². The third-order valence-electron chi connectivity index (χ3n) is 3.43. The molecule has 1 aromatic rings. The number of nitrogens with one attached hydrogen (secondary N) is 2. The van der Waals surface area contributed by atoms with E-state index in [1.807, 2.05) is 6.92 Å². The molecule has 1 rings (SSSR count). The highest BCUT2D eigenvalue weighted by Crippen LogP contribution is 2.08. The number of nitrogens with zero attached hydrogens (tertiary/aromatic N) is 2. The fourth-order valence-corrected chi connectivity index (χ4v) is 2.39. The number of amides is 2. The van der Waals surface area contributed by atoms with Crippen molar-refractivity contribution >= 4 is 12.0 Å². The van der Waals surface area contributed by atoms with Crippen LogP contribution in [0.2, 0.25) is 0 Å². The Balaban J connectivity index is 2.71. The van der Waals surface area contributed by atoms with Gasteiger partial charge in [0.15, 0.2) is 0 Å². The highest BCUT2D eigenvalue weighted by Gasteiger charge is 2.18. The maximum Gasteiger partial charge on any atom is 0.407 e. The number of hydrogen-bond donors (Lipinski definition) is 2. The lowest BCUT2D eigenvalue weighted by molar-refractivity contribution is 0.0942. The Hall–Kier alpha value is -2.18. The van der Waals surface area contributed by atoms with Crippen LogP contribution in [-0.4, -0.2) is 41.2 Å². The van der Waals surface area contributed by atoms with Gasteiger partial charge in [-0.05, 0) is 32.6 Å². The van der Waals surface area contributed by atoms with Crippen LogP contribution in [0.4, 0.5) is 4.79 Å². The first-order valence-electron chi connectivity index (χ1n) is 8.41. The molecule has 0 saturated heterocycles. The summed E-state index contributed by atoms with van der Waals surface area (Å²) in [7, 11) is 0. The zero-order valence-electron chi connectivity index (χ0n) is 15.2. The summed E-state index contributed by atoms with van der Waals surface area (Å²) in [6, 6.07) is -0.190. The molecule has 7 nitrogen and oxygen atoms in total. The maximum absolute atomic E-state index is 12.4. The zero-order valence-corrected chi connectivity index (χ0v) is 15.2. The molecule has 2 amide bonds. The third kappa shape index (κ3) is 6.52. The summed E-state index contributed by atoms with van der Waals surface area (Å²) in [5.74, 6) is 0.791. The van der Waals surface area contributed by atoms with Gasteiger partial charge in [-0.2, -0.15) is 0 Å². The largest absolute Gasteiger partial charge is 0.450 e. The van der Waals surface area contributed by atoms with Crippen molar-refractivity contribution in [3.05, 3.63) is 23.3 Å². The average molecular weight is 336 g/mol. The third-order valence-corrected chi connectivity index (χ3v) is 3.43. The van der Waals surface area contributed by atoms with Crippen LogP contribution in [0, 0.1) is 12.8 Å². The highest BCUT2D eigenvalue weighted by atomic mass is 16.5. The van der Waals surface area contributed by atoms with Crippen molar-refractivity contribution in [3.8, 4) is 0 Å². The predicted molar refractivity (Wildman–Crippen MR) is 91.9 cm³/mol. The van der Waals surface area contributed by atoms with Crippen molar-refractivity contribution in [2.45, 2.75) is 53.5 Å². The van der Waals surface area contributed by atoms with Gasteiger partial charge < -0.3 is 15.4 Å². The second-order valence-electron chi connectivity index (χ2n) is 6.03. The average Bonchev–Trinajstić information content (AvgIpc) is 2.51. The van der Waals surface area contributed by atoms with Crippen LogP contribution in [0.5, 0.6) is 0 Å². The molecule has 0 bridgehead atoms. The lowest BCUT2D eigenvalue weighted by Gasteiger charge is -2.21. The zero-order chi connectivity index (χ0) is 18.1. The van der Waals surface area contributed by atoms with Crippen LogP contribution < -0.4 is 10.6 Å². The van der Waals surface area contributed by atoms with Gasteiger partial charge in [0.2, 0.25) is 0 Å². The van der Waals surface area contributed by atoms with E-state index >= 15 is 0 Å². The number of carbonyl (C=O) groups is 2. The monoisotopic (exact) mass is 336 g/mol. The molecule has 0 aliphatic carbocycles. The van der Waals surface area contributed by atoms with Crippen molar-refractivity contribution in [2.75, 3.05) is 13.2 Å². The number of aryl methyl sites for hydroxylation is 2. The predicted octanol–water partition coefficient (Wildman–Crippen LogP) is 2.24. The lowest BCUT2D eigenvalue weighted by Crippen LogP contribution is -2.44. The van der Waals surface area contributed by atoms with Crippen LogP contribution >= 0.6 is 0 Å². The molecule has 24 heavy (non-hydrogen) atoms. The quantitative estimate of drug-likeness (QED) is 0.759. The van der Waals surface area contributed by atoms with E-state index in [4.69, 9.17) is 4.74 Å². The summed E-state index contributed by atoms with van der Waals surface area (Å²) in [6.07, 6.45) is 2.48. The van der Waals surface area contributed by atoms with E-state index in [-0.39, 0.29) is 11.9 Å². The number of ether oxygens (including phenoxy) is 1. The minimum atomic E-state index is -0.467. The standard InChI is InChI=1S/C17H28N4O3/c1-6-15-14(10-18-12(5)20-15)16(22)19-9-13(8-11(3)4)21-17(23)24-7-2/h10-11,13H,6-9H2,1-5H3,(H,19,22)(H,21,23). The summed E-state index contributed by atoms with van der Waals surface area (Å²) < 4.78 is 4.91. The minimum Gasteiger partial charge on any atom is -0.450 e. The fourth-order valence-electron chi connectivity index (χ4n) is 2.39. The van der Waals surface area contributed by atoms with E-state index < -0.39 is 6.09 Å². The number of aromatic nitrogens is 2.